The fourth-order valence-electron chi connectivity index (χ4n) is 4.10. The highest BCUT2D eigenvalue weighted by atomic mass is 16.5. The number of carbonyl (C=O) groups excluding carboxylic acids is 1. The first kappa shape index (κ1) is 17.1. The lowest BCUT2D eigenvalue weighted by molar-refractivity contribution is -0.145. The molecule has 0 bridgehead atoms. The summed E-state index contributed by atoms with van der Waals surface area (Å²) in [7, 11) is 1.46. The van der Waals surface area contributed by atoms with Crippen molar-refractivity contribution >= 4 is 28.6 Å². The fraction of sp³-hybridized carbons (Fsp3) is 0.550. The molecule has 2 aliphatic rings. The van der Waals surface area contributed by atoms with E-state index < -0.39 is 0 Å². The minimum Gasteiger partial charge on any atom is -0.469 e. The molecule has 1 aliphatic heterocycles. The molecule has 0 amide bonds. The van der Waals surface area contributed by atoms with E-state index >= 15 is 0 Å². The molecule has 2 atom stereocenters. The molecule has 1 saturated heterocycles. The van der Waals surface area contributed by atoms with Crippen molar-refractivity contribution in [1.82, 2.24) is 9.97 Å². The Hall–Kier alpha value is -2.37. The van der Waals surface area contributed by atoms with Crippen molar-refractivity contribution in [2.75, 3.05) is 30.4 Å². The maximum absolute atomic E-state index is 11.8. The summed E-state index contributed by atoms with van der Waals surface area (Å²) in [6.07, 6.45) is 6.28. The first-order chi connectivity index (χ1) is 12.7. The molecule has 4 rings (SSSR count). The van der Waals surface area contributed by atoms with Crippen LogP contribution in [0.25, 0.3) is 11.0 Å². The van der Waals surface area contributed by atoms with E-state index in [4.69, 9.17) is 14.7 Å². The van der Waals surface area contributed by atoms with Crippen molar-refractivity contribution in [2.24, 2.45) is 5.92 Å². The molecular weight excluding hydrogens is 328 g/mol. The Labute approximate surface area is 154 Å². The lowest BCUT2D eigenvalue weighted by Gasteiger charge is -2.30. The van der Waals surface area contributed by atoms with Crippen molar-refractivity contribution in [2.45, 2.75) is 44.6 Å². The molecule has 1 aromatic heterocycles. The van der Waals surface area contributed by atoms with Gasteiger partial charge < -0.3 is 15.0 Å². The minimum atomic E-state index is -0.102. The van der Waals surface area contributed by atoms with Gasteiger partial charge >= 0.3 is 5.97 Å². The van der Waals surface area contributed by atoms with E-state index in [-0.39, 0.29) is 17.9 Å². The normalized spacial score (nSPS) is 23.2. The van der Waals surface area contributed by atoms with E-state index in [0.717, 1.165) is 55.0 Å². The average Bonchev–Trinajstić information content (AvgIpc) is 3.16. The van der Waals surface area contributed by atoms with Crippen molar-refractivity contribution < 1.29 is 9.53 Å². The van der Waals surface area contributed by atoms with Gasteiger partial charge in [0.2, 0.25) is 0 Å². The van der Waals surface area contributed by atoms with Gasteiger partial charge in [-0.1, -0.05) is 12.1 Å². The number of nitrogens with one attached hydrogen (secondary N) is 1. The molecule has 1 aliphatic carbocycles. The number of hydrogen-bond donors (Lipinski definition) is 1. The van der Waals surface area contributed by atoms with E-state index in [2.05, 4.69) is 10.2 Å². The fourth-order valence-corrected chi connectivity index (χ4v) is 4.10. The Morgan fingerprint density at radius 3 is 2.58 bits per heavy atom. The second kappa shape index (κ2) is 7.48. The summed E-state index contributed by atoms with van der Waals surface area (Å²) >= 11 is 0. The average molecular weight is 354 g/mol. The number of piperidine rings is 1. The van der Waals surface area contributed by atoms with Crippen molar-refractivity contribution in [3.63, 3.8) is 0 Å². The number of aromatic nitrogens is 2. The van der Waals surface area contributed by atoms with Gasteiger partial charge in [-0.05, 0) is 50.7 Å². The van der Waals surface area contributed by atoms with Crippen molar-refractivity contribution in [1.29, 1.82) is 0 Å². The zero-order chi connectivity index (χ0) is 17.9. The maximum Gasteiger partial charge on any atom is 0.308 e. The molecule has 0 spiro atoms. The largest absolute Gasteiger partial charge is 0.469 e. The smallest absolute Gasteiger partial charge is 0.308 e. The number of ether oxygens (including phenoxy) is 1. The van der Waals surface area contributed by atoms with Crippen LogP contribution in [0.1, 0.15) is 38.5 Å². The molecule has 2 aromatic rings. The van der Waals surface area contributed by atoms with Crippen LogP contribution < -0.4 is 10.2 Å². The van der Waals surface area contributed by atoms with Crippen molar-refractivity contribution in [3.8, 4) is 0 Å². The van der Waals surface area contributed by atoms with Gasteiger partial charge in [0.15, 0.2) is 11.6 Å². The number of hydrogen-bond acceptors (Lipinski definition) is 6. The van der Waals surface area contributed by atoms with Crippen LogP contribution in [0.4, 0.5) is 11.6 Å². The number of fused-ring (bicyclic) bond motifs is 1. The third kappa shape index (κ3) is 3.45. The third-order valence-electron chi connectivity index (χ3n) is 5.52. The quantitative estimate of drug-likeness (QED) is 0.849. The Balaban J connectivity index is 1.61. The molecule has 0 unspecified atom stereocenters. The van der Waals surface area contributed by atoms with Crippen LogP contribution in [0, 0.1) is 5.92 Å². The van der Waals surface area contributed by atoms with E-state index in [9.17, 15) is 4.79 Å². The monoisotopic (exact) mass is 354 g/mol. The summed E-state index contributed by atoms with van der Waals surface area (Å²) in [5.41, 5.74) is 1.83. The molecule has 1 N–H and O–H groups in total. The number of benzene rings is 1. The number of anilines is 2. The number of esters is 1. The molecule has 1 aromatic carbocycles. The van der Waals surface area contributed by atoms with Gasteiger partial charge in [0.25, 0.3) is 0 Å². The summed E-state index contributed by atoms with van der Waals surface area (Å²) in [6.45, 7) is 2.05. The minimum absolute atomic E-state index is 0.00986. The topological polar surface area (TPSA) is 67.3 Å². The summed E-state index contributed by atoms with van der Waals surface area (Å²) in [5.74, 6) is 1.69. The highest BCUT2D eigenvalue weighted by Gasteiger charge is 2.31. The number of para-hydroxylation sites is 2. The second-order valence-corrected chi connectivity index (χ2v) is 7.31. The molecule has 6 nitrogen and oxygen atoms in total. The van der Waals surface area contributed by atoms with Crippen LogP contribution in [0.15, 0.2) is 24.3 Å². The molecule has 138 valence electrons. The van der Waals surface area contributed by atoms with E-state index in [1.54, 1.807) is 0 Å². The van der Waals surface area contributed by atoms with Gasteiger partial charge in [0.1, 0.15) is 0 Å². The Morgan fingerprint density at radius 2 is 1.85 bits per heavy atom. The standard InChI is InChI=1S/C20H26N4O2/c1-26-20(25)14-9-10-15(13-14)21-18-19(24-11-5-2-6-12-24)23-17-8-4-3-7-16(17)22-18/h3-4,7-8,14-15H,2,5-6,9-13H2,1H3,(H,21,22)/t14-,15+/m0/s1. The second-order valence-electron chi connectivity index (χ2n) is 7.31. The van der Waals surface area contributed by atoms with Gasteiger partial charge in [-0.3, -0.25) is 4.79 Å². The number of carbonyl (C=O) groups is 1. The zero-order valence-electron chi connectivity index (χ0n) is 15.3. The highest BCUT2D eigenvalue weighted by Crippen LogP contribution is 2.33. The summed E-state index contributed by atoms with van der Waals surface area (Å²) < 4.78 is 4.91. The summed E-state index contributed by atoms with van der Waals surface area (Å²) in [5, 5.41) is 3.58. The lowest BCUT2D eigenvalue weighted by atomic mass is 10.1. The first-order valence-electron chi connectivity index (χ1n) is 9.60. The zero-order valence-corrected chi connectivity index (χ0v) is 15.3. The van der Waals surface area contributed by atoms with Crippen LogP contribution in [0.2, 0.25) is 0 Å². The molecule has 1 saturated carbocycles. The van der Waals surface area contributed by atoms with Gasteiger partial charge in [-0.15, -0.1) is 0 Å². The van der Waals surface area contributed by atoms with Gasteiger partial charge in [-0.25, -0.2) is 9.97 Å². The van der Waals surface area contributed by atoms with E-state index in [1.165, 1.54) is 26.4 Å². The summed E-state index contributed by atoms with van der Waals surface area (Å²) in [4.78, 5) is 24.0. The van der Waals surface area contributed by atoms with Crippen LogP contribution >= 0.6 is 0 Å². The number of nitrogens with zero attached hydrogens (tertiary/aromatic N) is 3. The highest BCUT2D eigenvalue weighted by molar-refractivity contribution is 5.80. The first-order valence-corrected chi connectivity index (χ1v) is 9.60. The third-order valence-corrected chi connectivity index (χ3v) is 5.52. The van der Waals surface area contributed by atoms with Gasteiger partial charge in [0.05, 0.1) is 24.1 Å². The number of methoxy groups -OCH3 is 1. The molecule has 2 heterocycles. The summed E-state index contributed by atoms with van der Waals surface area (Å²) in [6, 6.07) is 8.24. The predicted octanol–water partition coefficient (Wildman–Crippen LogP) is 3.37. The van der Waals surface area contributed by atoms with Crippen LogP contribution in [0.5, 0.6) is 0 Å². The van der Waals surface area contributed by atoms with E-state index in [1.807, 2.05) is 24.3 Å². The number of rotatable bonds is 4. The molecule has 26 heavy (non-hydrogen) atoms. The van der Waals surface area contributed by atoms with Crippen LogP contribution in [0.3, 0.4) is 0 Å². The Kier molecular flexibility index (Phi) is 4.91. The lowest BCUT2D eigenvalue weighted by Crippen LogP contribution is -2.32. The van der Waals surface area contributed by atoms with Gasteiger partial charge in [-0.2, -0.15) is 0 Å². The molecule has 0 radical (unpaired) electrons. The molecular formula is C20H26N4O2. The predicted molar refractivity (Wildman–Crippen MR) is 102 cm³/mol. The van der Waals surface area contributed by atoms with Crippen LogP contribution in [-0.2, 0) is 9.53 Å². The SMILES string of the molecule is COC(=O)[C@H]1CC[C@@H](Nc2nc3ccccc3nc2N2CCCCC2)C1. The van der Waals surface area contributed by atoms with E-state index in [0.29, 0.717) is 0 Å². The molecule has 2 fully saturated rings. The Morgan fingerprint density at radius 1 is 1.12 bits per heavy atom. The maximum atomic E-state index is 11.8. The van der Waals surface area contributed by atoms with Gasteiger partial charge in [0, 0.05) is 19.1 Å². The van der Waals surface area contributed by atoms with Crippen LogP contribution in [-0.4, -0.2) is 42.2 Å². The van der Waals surface area contributed by atoms with Crippen molar-refractivity contribution in [3.05, 3.63) is 24.3 Å². The Bertz CT molecular complexity index is 788. The molecule has 6 heteroatoms.